The maximum atomic E-state index is 12.6. The Balaban J connectivity index is 2.18. The third-order valence-electron chi connectivity index (χ3n) is 4.03. The van der Waals surface area contributed by atoms with Crippen LogP contribution in [0, 0.1) is 13.8 Å². The number of amides is 2. The number of carbonyl (C=O) groups excluding carboxylic acids is 2. The van der Waals surface area contributed by atoms with Gasteiger partial charge in [0, 0.05) is 24.0 Å². The molecule has 0 aliphatic rings. The minimum atomic E-state index is -0.679. The molecule has 0 bridgehead atoms. The summed E-state index contributed by atoms with van der Waals surface area (Å²) in [6.07, 6.45) is 3.28. The highest BCUT2D eigenvalue weighted by Crippen LogP contribution is 2.26. The van der Waals surface area contributed by atoms with Gasteiger partial charge in [-0.25, -0.2) is 0 Å². The SMILES string of the molecule is C=CCN(CC=C)C(=O)C(C)NC(=O)c1oc2ccc(C)cc2c1C. The number of hydrogen-bond acceptors (Lipinski definition) is 3. The smallest absolute Gasteiger partial charge is 0.287 e. The molecule has 0 saturated heterocycles. The summed E-state index contributed by atoms with van der Waals surface area (Å²) < 4.78 is 5.68. The molecular formula is C20H24N2O3. The third kappa shape index (κ3) is 3.99. The number of carbonyl (C=O) groups is 2. The summed E-state index contributed by atoms with van der Waals surface area (Å²) in [5, 5.41) is 3.62. The molecule has 1 aromatic heterocycles. The maximum absolute atomic E-state index is 12.6. The zero-order chi connectivity index (χ0) is 18.6. The van der Waals surface area contributed by atoms with E-state index >= 15 is 0 Å². The van der Waals surface area contributed by atoms with E-state index < -0.39 is 11.9 Å². The average Bonchev–Trinajstić information content (AvgIpc) is 2.90. The highest BCUT2D eigenvalue weighted by Gasteiger charge is 2.24. The summed E-state index contributed by atoms with van der Waals surface area (Å²) >= 11 is 0. The lowest BCUT2D eigenvalue weighted by Crippen LogP contribution is -2.47. The van der Waals surface area contributed by atoms with Crippen molar-refractivity contribution in [3.8, 4) is 0 Å². The lowest BCUT2D eigenvalue weighted by Gasteiger charge is -2.23. The summed E-state index contributed by atoms with van der Waals surface area (Å²) in [4.78, 5) is 26.6. The van der Waals surface area contributed by atoms with Gasteiger partial charge in [-0.3, -0.25) is 9.59 Å². The summed E-state index contributed by atoms with van der Waals surface area (Å²) in [7, 11) is 0. The molecule has 0 aliphatic heterocycles. The fraction of sp³-hybridized carbons (Fsp3) is 0.300. The highest BCUT2D eigenvalue weighted by molar-refractivity contribution is 6.01. The second-order valence-electron chi connectivity index (χ2n) is 6.07. The molecule has 1 aromatic carbocycles. The predicted molar refractivity (Wildman–Crippen MR) is 99.6 cm³/mol. The number of rotatable bonds is 7. The first kappa shape index (κ1) is 18.5. The van der Waals surface area contributed by atoms with Gasteiger partial charge >= 0.3 is 0 Å². The van der Waals surface area contributed by atoms with E-state index in [0.717, 1.165) is 16.5 Å². The molecule has 1 unspecified atom stereocenters. The van der Waals surface area contributed by atoms with Gasteiger partial charge in [-0.2, -0.15) is 0 Å². The van der Waals surface area contributed by atoms with Crippen LogP contribution in [0.2, 0.25) is 0 Å². The molecule has 2 rings (SSSR count). The fourth-order valence-corrected chi connectivity index (χ4v) is 2.72. The van der Waals surface area contributed by atoms with E-state index in [0.29, 0.717) is 18.7 Å². The number of hydrogen-bond donors (Lipinski definition) is 1. The number of aryl methyl sites for hydroxylation is 2. The molecule has 0 radical (unpaired) electrons. The van der Waals surface area contributed by atoms with Crippen molar-refractivity contribution in [2.75, 3.05) is 13.1 Å². The van der Waals surface area contributed by atoms with Gasteiger partial charge in [0.2, 0.25) is 5.91 Å². The molecule has 0 spiro atoms. The Morgan fingerprint density at radius 1 is 1.24 bits per heavy atom. The van der Waals surface area contributed by atoms with Gasteiger partial charge < -0.3 is 14.6 Å². The fourth-order valence-electron chi connectivity index (χ4n) is 2.72. The number of nitrogens with one attached hydrogen (secondary N) is 1. The molecule has 2 aromatic rings. The van der Waals surface area contributed by atoms with Gasteiger partial charge in [-0.05, 0) is 32.9 Å². The summed E-state index contributed by atoms with van der Waals surface area (Å²) in [5.41, 5.74) is 2.52. The number of benzene rings is 1. The number of nitrogens with zero attached hydrogens (tertiary/aromatic N) is 1. The van der Waals surface area contributed by atoms with E-state index in [-0.39, 0.29) is 11.7 Å². The molecule has 1 N–H and O–H groups in total. The van der Waals surface area contributed by atoms with Crippen molar-refractivity contribution in [1.82, 2.24) is 10.2 Å². The van der Waals surface area contributed by atoms with Crippen LogP contribution in [-0.4, -0.2) is 35.8 Å². The molecule has 2 amide bonds. The molecule has 1 heterocycles. The Kier molecular flexibility index (Phi) is 5.80. The van der Waals surface area contributed by atoms with Crippen molar-refractivity contribution in [2.45, 2.75) is 26.8 Å². The topological polar surface area (TPSA) is 62.6 Å². The van der Waals surface area contributed by atoms with Gasteiger partial charge in [0.1, 0.15) is 11.6 Å². The van der Waals surface area contributed by atoms with Crippen LogP contribution in [0.15, 0.2) is 47.9 Å². The van der Waals surface area contributed by atoms with E-state index in [1.165, 1.54) is 0 Å². The summed E-state index contributed by atoms with van der Waals surface area (Å²) in [6.45, 7) is 13.6. The molecule has 132 valence electrons. The summed E-state index contributed by atoms with van der Waals surface area (Å²) in [5.74, 6) is -0.360. The summed E-state index contributed by atoms with van der Waals surface area (Å²) in [6, 6.07) is 5.08. The standard InChI is InChI=1S/C20H24N2O3/c1-6-10-22(11-7-2)20(24)15(5)21-19(23)18-14(4)16-12-13(3)8-9-17(16)25-18/h6-9,12,15H,1-2,10-11H2,3-5H3,(H,21,23). The molecule has 1 atom stereocenters. The van der Waals surface area contributed by atoms with Crippen molar-refractivity contribution in [3.05, 3.63) is 60.4 Å². The molecule has 0 fully saturated rings. The monoisotopic (exact) mass is 340 g/mol. The van der Waals surface area contributed by atoms with Gasteiger partial charge in [0.15, 0.2) is 5.76 Å². The van der Waals surface area contributed by atoms with E-state index in [4.69, 9.17) is 4.42 Å². The highest BCUT2D eigenvalue weighted by atomic mass is 16.3. The second-order valence-corrected chi connectivity index (χ2v) is 6.07. The normalized spacial score (nSPS) is 11.8. The van der Waals surface area contributed by atoms with Gasteiger partial charge in [0.05, 0.1) is 0 Å². The third-order valence-corrected chi connectivity index (χ3v) is 4.03. The molecule has 0 aliphatic carbocycles. The van der Waals surface area contributed by atoms with Crippen LogP contribution in [-0.2, 0) is 4.79 Å². The molecule has 5 heteroatoms. The second kappa shape index (κ2) is 7.83. The quantitative estimate of drug-likeness (QED) is 0.786. The predicted octanol–water partition coefficient (Wildman–Crippen LogP) is 3.37. The van der Waals surface area contributed by atoms with Gasteiger partial charge in [0.25, 0.3) is 5.91 Å². The van der Waals surface area contributed by atoms with Crippen LogP contribution in [0.1, 0.15) is 28.6 Å². The number of furan rings is 1. The first-order chi connectivity index (χ1) is 11.9. The Hall–Kier alpha value is -2.82. The van der Waals surface area contributed by atoms with Crippen LogP contribution in [0.4, 0.5) is 0 Å². The lowest BCUT2D eigenvalue weighted by atomic mass is 10.1. The van der Waals surface area contributed by atoms with E-state index in [1.807, 2.05) is 32.0 Å². The largest absolute Gasteiger partial charge is 0.451 e. The van der Waals surface area contributed by atoms with Crippen LogP contribution < -0.4 is 5.32 Å². The van der Waals surface area contributed by atoms with Crippen molar-refractivity contribution >= 4 is 22.8 Å². The van der Waals surface area contributed by atoms with Gasteiger partial charge in [-0.1, -0.05) is 23.8 Å². The lowest BCUT2D eigenvalue weighted by molar-refractivity contribution is -0.131. The Morgan fingerprint density at radius 3 is 2.48 bits per heavy atom. The average molecular weight is 340 g/mol. The maximum Gasteiger partial charge on any atom is 0.287 e. The first-order valence-electron chi connectivity index (χ1n) is 8.20. The molecule has 0 saturated carbocycles. The van der Waals surface area contributed by atoms with E-state index in [2.05, 4.69) is 18.5 Å². The minimum Gasteiger partial charge on any atom is -0.451 e. The number of fused-ring (bicyclic) bond motifs is 1. The van der Waals surface area contributed by atoms with Crippen molar-refractivity contribution in [3.63, 3.8) is 0 Å². The van der Waals surface area contributed by atoms with Gasteiger partial charge in [-0.15, -0.1) is 13.2 Å². The molecule has 5 nitrogen and oxygen atoms in total. The zero-order valence-electron chi connectivity index (χ0n) is 15.0. The zero-order valence-corrected chi connectivity index (χ0v) is 15.0. The minimum absolute atomic E-state index is 0.197. The van der Waals surface area contributed by atoms with E-state index in [9.17, 15) is 9.59 Å². The van der Waals surface area contributed by atoms with E-state index in [1.54, 1.807) is 24.0 Å². The van der Waals surface area contributed by atoms with Crippen molar-refractivity contribution < 1.29 is 14.0 Å². The first-order valence-corrected chi connectivity index (χ1v) is 8.20. The molecule has 25 heavy (non-hydrogen) atoms. The van der Waals surface area contributed by atoms with Crippen LogP contribution in [0.5, 0.6) is 0 Å². The Morgan fingerprint density at radius 2 is 1.88 bits per heavy atom. The van der Waals surface area contributed by atoms with Crippen molar-refractivity contribution in [2.24, 2.45) is 0 Å². The molecular weight excluding hydrogens is 316 g/mol. The Labute approximate surface area is 148 Å². The van der Waals surface area contributed by atoms with Crippen LogP contribution in [0.3, 0.4) is 0 Å². The van der Waals surface area contributed by atoms with Crippen molar-refractivity contribution in [1.29, 1.82) is 0 Å². The Bertz CT molecular complexity index is 810. The van der Waals surface area contributed by atoms with Crippen LogP contribution in [0.25, 0.3) is 11.0 Å². The van der Waals surface area contributed by atoms with Crippen LogP contribution >= 0.6 is 0 Å².